The van der Waals surface area contributed by atoms with E-state index in [0.717, 1.165) is 22.4 Å². The molecule has 0 aliphatic heterocycles. The van der Waals surface area contributed by atoms with Gasteiger partial charge in [0.1, 0.15) is 5.82 Å². The smallest absolute Gasteiger partial charge is 0.138 e. The van der Waals surface area contributed by atoms with Gasteiger partial charge in [-0.3, -0.25) is 0 Å². The Kier molecular flexibility index (Phi) is 6.88. The maximum atomic E-state index is 4.93. The minimum Gasteiger partial charge on any atom is -0.338 e. The number of imidazole rings is 1. The lowest BCUT2D eigenvalue weighted by molar-refractivity contribution is 0.550. The first-order chi connectivity index (χ1) is 12.8. The van der Waals surface area contributed by atoms with Crippen LogP contribution in [0.25, 0.3) is 22.4 Å². The fourth-order valence-corrected chi connectivity index (χ4v) is 3.75. The van der Waals surface area contributed by atoms with Crippen LogP contribution < -0.4 is 0 Å². The molecule has 3 aromatic rings. The van der Waals surface area contributed by atoms with Crippen LogP contribution in [0.1, 0.15) is 76.7 Å². The van der Waals surface area contributed by atoms with E-state index in [1.54, 1.807) is 0 Å². The fraction of sp³-hybridized carbons (Fsp3) is 0.458. The predicted molar refractivity (Wildman–Crippen MR) is 113 cm³/mol. The highest BCUT2D eigenvalue weighted by Crippen LogP contribution is 2.30. The normalized spacial score (nSPS) is 12.5. The van der Waals surface area contributed by atoms with Gasteiger partial charge in [-0.15, -0.1) is 0 Å². The number of nitrogens with zero attached hydrogens (tertiary/aromatic N) is 1. The molecule has 3 rings (SSSR count). The van der Waals surface area contributed by atoms with E-state index in [0.29, 0.717) is 5.92 Å². The van der Waals surface area contributed by atoms with Crippen molar-refractivity contribution < 1.29 is 0 Å². The average molecular weight is 349 g/mol. The van der Waals surface area contributed by atoms with E-state index in [1.165, 1.54) is 56.9 Å². The largest absolute Gasteiger partial charge is 0.338 e. The van der Waals surface area contributed by atoms with Crippen LogP contribution in [0.3, 0.4) is 0 Å². The van der Waals surface area contributed by atoms with Crippen LogP contribution in [0.2, 0.25) is 0 Å². The van der Waals surface area contributed by atoms with E-state index in [2.05, 4.69) is 61.3 Å². The SMILES string of the molecule is CCCCCCCCCC(C)c1cccc2[nH]c(-c3ccccc3)nc12. The Morgan fingerprint density at radius 1 is 0.846 bits per heavy atom. The Morgan fingerprint density at radius 2 is 1.58 bits per heavy atom. The van der Waals surface area contributed by atoms with E-state index >= 15 is 0 Å². The molecule has 0 saturated heterocycles. The van der Waals surface area contributed by atoms with E-state index in [1.807, 2.05) is 6.07 Å². The summed E-state index contributed by atoms with van der Waals surface area (Å²) in [6.45, 7) is 4.63. The Labute approximate surface area is 158 Å². The Morgan fingerprint density at radius 3 is 2.35 bits per heavy atom. The van der Waals surface area contributed by atoms with Crippen LogP contribution in [0.5, 0.6) is 0 Å². The first-order valence-electron chi connectivity index (χ1n) is 10.3. The van der Waals surface area contributed by atoms with E-state index in [4.69, 9.17) is 4.98 Å². The molecule has 2 heteroatoms. The van der Waals surface area contributed by atoms with Crippen LogP contribution in [0.15, 0.2) is 48.5 Å². The highest BCUT2D eigenvalue weighted by atomic mass is 14.9. The third-order valence-electron chi connectivity index (χ3n) is 5.36. The van der Waals surface area contributed by atoms with Crippen molar-refractivity contribution >= 4 is 11.0 Å². The van der Waals surface area contributed by atoms with Crippen LogP contribution in [-0.4, -0.2) is 9.97 Å². The number of benzene rings is 2. The van der Waals surface area contributed by atoms with E-state index in [-0.39, 0.29) is 0 Å². The first-order valence-corrected chi connectivity index (χ1v) is 10.3. The molecule has 0 saturated carbocycles. The van der Waals surface area contributed by atoms with Gasteiger partial charge in [0.2, 0.25) is 0 Å². The van der Waals surface area contributed by atoms with Crippen molar-refractivity contribution in [3.63, 3.8) is 0 Å². The molecule has 26 heavy (non-hydrogen) atoms. The molecule has 1 heterocycles. The van der Waals surface area contributed by atoms with Crippen LogP contribution >= 0.6 is 0 Å². The molecule has 1 unspecified atom stereocenters. The monoisotopic (exact) mass is 348 g/mol. The molecule has 0 aliphatic carbocycles. The molecule has 0 bridgehead atoms. The highest BCUT2D eigenvalue weighted by molar-refractivity contribution is 5.82. The summed E-state index contributed by atoms with van der Waals surface area (Å²) in [6, 6.07) is 16.9. The van der Waals surface area contributed by atoms with Gasteiger partial charge in [-0.05, 0) is 24.0 Å². The van der Waals surface area contributed by atoms with Gasteiger partial charge < -0.3 is 4.98 Å². The van der Waals surface area contributed by atoms with Gasteiger partial charge in [-0.1, -0.05) is 101 Å². The van der Waals surface area contributed by atoms with Crippen LogP contribution in [-0.2, 0) is 0 Å². The Bertz CT molecular complexity index is 788. The zero-order valence-corrected chi connectivity index (χ0v) is 16.3. The lowest BCUT2D eigenvalue weighted by Gasteiger charge is -2.12. The van der Waals surface area contributed by atoms with Crippen LogP contribution in [0.4, 0.5) is 0 Å². The van der Waals surface area contributed by atoms with Crippen molar-refractivity contribution in [1.82, 2.24) is 9.97 Å². The summed E-state index contributed by atoms with van der Waals surface area (Å²) < 4.78 is 0. The number of aromatic amines is 1. The minimum absolute atomic E-state index is 0.557. The molecule has 0 fully saturated rings. The average Bonchev–Trinajstić information content (AvgIpc) is 3.12. The third-order valence-corrected chi connectivity index (χ3v) is 5.36. The van der Waals surface area contributed by atoms with Crippen molar-refractivity contribution in [3.05, 3.63) is 54.1 Å². The van der Waals surface area contributed by atoms with Crippen LogP contribution in [0, 0.1) is 0 Å². The first kappa shape index (κ1) is 18.7. The van der Waals surface area contributed by atoms with Gasteiger partial charge in [0, 0.05) is 5.56 Å². The minimum atomic E-state index is 0.557. The van der Waals surface area contributed by atoms with Gasteiger partial charge in [0.25, 0.3) is 0 Å². The van der Waals surface area contributed by atoms with Crippen molar-refractivity contribution in [3.8, 4) is 11.4 Å². The molecule has 0 radical (unpaired) electrons. The summed E-state index contributed by atoms with van der Waals surface area (Å²) in [4.78, 5) is 8.42. The lowest BCUT2D eigenvalue weighted by atomic mass is 9.93. The number of hydrogen-bond donors (Lipinski definition) is 1. The molecule has 0 spiro atoms. The summed E-state index contributed by atoms with van der Waals surface area (Å²) in [6.07, 6.45) is 10.8. The topological polar surface area (TPSA) is 28.7 Å². The third kappa shape index (κ3) is 4.75. The summed E-state index contributed by atoms with van der Waals surface area (Å²) >= 11 is 0. The second-order valence-corrected chi connectivity index (χ2v) is 7.51. The number of aromatic nitrogens is 2. The molecule has 0 amide bonds. The molecule has 0 aliphatic rings. The zero-order chi connectivity index (χ0) is 18.2. The van der Waals surface area contributed by atoms with Crippen molar-refractivity contribution in [2.75, 3.05) is 0 Å². The van der Waals surface area contributed by atoms with E-state index in [9.17, 15) is 0 Å². The number of unbranched alkanes of at least 4 members (excludes halogenated alkanes) is 6. The summed E-state index contributed by atoms with van der Waals surface area (Å²) in [5.74, 6) is 1.53. The molecule has 2 aromatic carbocycles. The van der Waals surface area contributed by atoms with Gasteiger partial charge in [-0.25, -0.2) is 4.98 Å². The maximum Gasteiger partial charge on any atom is 0.138 e. The lowest BCUT2D eigenvalue weighted by Crippen LogP contribution is -1.95. The Hall–Kier alpha value is -2.09. The number of rotatable bonds is 10. The second kappa shape index (κ2) is 9.56. The number of nitrogens with one attached hydrogen (secondary N) is 1. The number of hydrogen-bond acceptors (Lipinski definition) is 1. The van der Waals surface area contributed by atoms with Gasteiger partial charge in [0.05, 0.1) is 11.0 Å². The zero-order valence-electron chi connectivity index (χ0n) is 16.3. The summed E-state index contributed by atoms with van der Waals surface area (Å²) in [7, 11) is 0. The van der Waals surface area contributed by atoms with Crippen molar-refractivity contribution in [2.45, 2.75) is 71.1 Å². The summed E-state index contributed by atoms with van der Waals surface area (Å²) in [5.41, 5.74) is 4.82. The predicted octanol–water partition coefficient (Wildman–Crippen LogP) is 7.47. The second-order valence-electron chi connectivity index (χ2n) is 7.51. The fourth-order valence-electron chi connectivity index (χ4n) is 3.75. The quantitative estimate of drug-likeness (QED) is 0.378. The number of H-pyrrole nitrogens is 1. The van der Waals surface area contributed by atoms with Crippen molar-refractivity contribution in [1.29, 1.82) is 0 Å². The maximum absolute atomic E-state index is 4.93. The Balaban J connectivity index is 1.63. The van der Waals surface area contributed by atoms with Gasteiger partial charge in [-0.2, -0.15) is 0 Å². The molecular weight excluding hydrogens is 316 g/mol. The van der Waals surface area contributed by atoms with Gasteiger partial charge in [0.15, 0.2) is 0 Å². The number of para-hydroxylation sites is 1. The summed E-state index contributed by atoms with van der Waals surface area (Å²) in [5, 5.41) is 0. The molecule has 2 nitrogen and oxygen atoms in total. The number of fused-ring (bicyclic) bond motifs is 1. The van der Waals surface area contributed by atoms with Crippen molar-refractivity contribution in [2.24, 2.45) is 0 Å². The highest BCUT2D eigenvalue weighted by Gasteiger charge is 2.13. The molecular formula is C24H32N2. The molecule has 1 N–H and O–H groups in total. The van der Waals surface area contributed by atoms with Gasteiger partial charge >= 0.3 is 0 Å². The molecule has 138 valence electrons. The molecule has 1 atom stereocenters. The van der Waals surface area contributed by atoms with E-state index < -0.39 is 0 Å². The molecule has 1 aromatic heterocycles. The standard InChI is InChI=1S/C24H32N2/c1-3-4-5-6-7-8-10-14-19(2)21-17-13-18-22-23(21)26-24(25-22)20-15-11-9-12-16-20/h9,11-13,15-19H,3-8,10,14H2,1-2H3,(H,25,26).